The van der Waals surface area contributed by atoms with E-state index in [-0.39, 0.29) is 5.69 Å². The zero-order valence-corrected chi connectivity index (χ0v) is 4.85. The summed E-state index contributed by atoms with van der Waals surface area (Å²) in [6.07, 6.45) is 2.62. The largest absolute Gasteiger partial charge is 0.342 e. The smallest absolute Gasteiger partial charge is 0.266 e. The van der Waals surface area contributed by atoms with E-state index in [9.17, 15) is 4.79 Å². The number of amides is 1. The first-order valence-electron chi connectivity index (χ1n) is 2.42. The van der Waals surface area contributed by atoms with Crippen LogP contribution in [0.2, 0.25) is 0 Å². The Bertz CT molecular complexity index is 270. The molecule has 1 heterocycles. The molecule has 0 saturated carbocycles. The Labute approximate surface area is 55.5 Å². The molecule has 1 rings (SSSR count). The van der Waals surface area contributed by atoms with Gasteiger partial charge in [0.15, 0.2) is 0 Å². The van der Waals surface area contributed by atoms with Crippen molar-refractivity contribution in [2.75, 3.05) is 0 Å². The van der Waals surface area contributed by atoms with Crippen molar-refractivity contribution in [2.45, 2.75) is 0 Å². The van der Waals surface area contributed by atoms with Crippen LogP contribution in [-0.4, -0.2) is 15.9 Å². The molecule has 6 nitrogen and oxygen atoms in total. The number of nitrogens with one attached hydrogen (secondary N) is 1. The number of hydrogen-bond acceptors (Lipinski definition) is 2. The molecule has 1 aromatic heterocycles. The Balaban J connectivity index is 2.87. The number of aromatic amines is 1. The van der Waals surface area contributed by atoms with Gasteiger partial charge in [0, 0.05) is 4.91 Å². The Kier molecular flexibility index (Phi) is 1.67. The summed E-state index contributed by atoms with van der Waals surface area (Å²) in [6.45, 7) is 0. The van der Waals surface area contributed by atoms with Gasteiger partial charge in [-0.05, 0) is 10.6 Å². The maximum atomic E-state index is 10.6. The van der Waals surface area contributed by atoms with Gasteiger partial charge in [-0.1, -0.05) is 0 Å². The van der Waals surface area contributed by atoms with E-state index >= 15 is 0 Å². The van der Waals surface area contributed by atoms with Gasteiger partial charge < -0.3 is 4.98 Å². The van der Waals surface area contributed by atoms with Gasteiger partial charge in [0.25, 0.3) is 5.91 Å². The van der Waals surface area contributed by atoms with E-state index in [1.165, 1.54) is 12.5 Å². The van der Waals surface area contributed by atoms with Crippen LogP contribution in [0.4, 0.5) is 0 Å². The normalized spacial score (nSPS) is 8.40. The van der Waals surface area contributed by atoms with Crippen molar-refractivity contribution in [2.24, 2.45) is 5.11 Å². The minimum Gasteiger partial charge on any atom is -0.342 e. The summed E-state index contributed by atoms with van der Waals surface area (Å²) in [7, 11) is 0. The van der Waals surface area contributed by atoms with Crippen molar-refractivity contribution in [3.8, 4) is 0 Å². The lowest BCUT2D eigenvalue weighted by Crippen LogP contribution is -1.91. The molecule has 0 aromatic carbocycles. The number of imidazole rings is 1. The highest BCUT2D eigenvalue weighted by molar-refractivity contribution is 5.92. The summed E-state index contributed by atoms with van der Waals surface area (Å²) in [6, 6.07) is 0. The number of azide groups is 1. The number of H-pyrrole nitrogens is 1. The second kappa shape index (κ2) is 2.65. The first kappa shape index (κ1) is 6.31. The fraction of sp³-hybridized carbons (Fsp3) is 0. The van der Waals surface area contributed by atoms with Gasteiger partial charge in [0.1, 0.15) is 5.69 Å². The third kappa shape index (κ3) is 1.12. The van der Waals surface area contributed by atoms with Crippen LogP contribution >= 0.6 is 0 Å². The van der Waals surface area contributed by atoms with Crippen LogP contribution in [0.3, 0.4) is 0 Å². The van der Waals surface area contributed by atoms with Crippen molar-refractivity contribution in [1.29, 1.82) is 0 Å². The van der Waals surface area contributed by atoms with E-state index in [0.29, 0.717) is 0 Å². The van der Waals surface area contributed by atoms with Gasteiger partial charge in [0.2, 0.25) is 0 Å². The van der Waals surface area contributed by atoms with Gasteiger partial charge in [-0.2, -0.15) is 0 Å². The maximum Gasteiger partial charge on any atom is 0.266 e. The molecule has 0 saturated heterocycles. The lowest BCUT2D eigenvalue weighted by Gasteiger charge is -1.80. The van der Waals surface area contributed by atoms with Gasteiger partial charge in [0.05, 0.1) is 12.5 Å². The van der Waals surface area contributed by atoms with Gasteiger partial charge in [-0.3, -0.25) is 4.79 Å². The third-order valence-electron chi connectivity index (χ3n) is 0.864. The van der Waals surface area contributed by atoms with Crippen molar-refractivity contribution >= 4 is 5.91 Å². The van der Waals surface area contributed by atoms with E-state index < -0.39 is 5.91 Å². The molecule has 50 valence electrons. The van der Waals surface area contributed by atoms with Crippen LogP contribution in [0.15, 0.2) is 17.6 Å². The summed E-state index contributed by atoms with van der Waals surface area (Å²) >= 11 is 0. The molecule has 0 unspecified atom stereocenters. The summed E-state index contributed by atoms with van der Waals surface area (Å²) in [5, 5.41) is 2.84. The summed E-state index contributed by atoms with van der Waals surface area (Å²) in [5.74, 6) is -0.653. The Morgan fingerprint density at radius 1 is 1.90 bits per heavy atom. The van der Waals surface area contributed by atoms with E-state index in [0.717, 1.165) is 0 Å². The minimum atomic E-state index is -0.653. The molecule has 0 bridgehead atoms. The lowest BCUT2D eigenvalue weighted by molar-refractivity contribution is 0.0996. The van der Waals surface area contributed by atoms with Crippen LogP contribution in [0.1, 0.15) is 10.5 Å². The molecular formula is C4H3N5O. The zero-order chi connectivity index (χ0) is 7.40. The van der Waals surface area contributed by atoms with E-state index in [1.54, 1.807) is 0 Å². The molecule has 6 heteroatoms. The molecule has 0 atom stereocenters. The Hall–Kier alpha value is -1.81. The third-order valence-corrected chi connectivity index (χ3v) is 0.864. The quantitative estimate of drug-likeness (QED) is 0.353. The van der Waals surface area contributed by atoms with E-state index in [1.807, 2.05) is 0 Å². The number of nitrogens with zero attached hydrogens (tertiary/aromatic N) is 4. The molecule has 0 radical (unpaired) electrons. The maximum absolute atomic E-state index is 10.6. The van der Waals surface area contributed by atoms with Crippen molar-refractivity contribution in [3.05, 3.63) is 28.7 Å². The molecule has 1 amide bonds. The standard InChI is InChI=1S/C4H3N5O/c5-9-8-4(10)3-1-6-2-7-3/h1-2H,(H,6,7). The number of aromatic nitrogens is 2. The molecule has 10 heavy (non-hydrogen) atoms. The van der Waals surface area contributed by atoms with Gasteiger partial charge in [-0.15, -0.1) is 0 Å². The molecule has 0 spiro atoms. The van der Waals surface area contributed by atoms with Crippen molar-refractivity contribution < 1.29 is 4.79 Å². The second-order valence-corrected chi connectivity index (χ2v) is 1.46. The molecule has 0 aliphatic rings. The van der Waals surface area contributed by atoms with Crippen LogP contribution in [-0.2, 0) is 0 Å². The average Bonchev–Trinajstić information content (AvgIpc) is 2.38. The highest BCUT2D eigenvalue weighted by Gasteiger charge is 2.01. The van der Waals surface area contributed by atoms with E-state index in [4.69, 9.17) is 5.53 Å². The lowest BCUT2D eigenvalue weighted by atomic mass is 10.5. The fourth-order valence-electron chi connectivity index (χ4n) is 0.467. The van der Waals surface area contributed by atoms with Crippen molar-refractivity contribution in [3.63, 3.8) is 0 Å². The van der Waals surface area contributed by atoms with Gasteiger partial charge >= 0.3 is 0 Å². The van der Waals surface area contributed by atoms with Crippen LogP contribution in [0, 0.1) is 0 Å². The first-order chi connectivity index (χ1) is 4.84. The van der Waals surface area contributed by atoms with E-state index in [2.05, 4.69) is 20.0 Å². The van der Waals surface area contributed by atoms with Crippen molar-refractivity contribution in [1.82, 2.24) is 9.97 Å². The number of hydrogen-bond donors (Lipinski definition) is 1. The van der Waals surface area contributed by atoms with Crippen LogP contribution in [0.5, 0.6) is 0 Å². The SMILES string of the molecule is [N-]=[N+]=NC(=O)c1cnc[nH]1. The minimum absolute atomic E-state index is 0.192. The number of rotatable bonds is 1. The monoisotopic (exact) mass is 137 g/mol. The molecule has 0 aliphatic heterocycles. The number of carbonyl (C=O) groups is 1. The Morgan fingerprint density at radius 2 is 2.70 bits per heavy atom. The molecular weight excluding hydrogens is 134 g/mol. The summed E-state index contributed by atoms with van der Waals surface area (Å²) < 4.78 is 0. The highest BCUT2D eigenvalue weighted by atomic mass is 16.1. The number of carbonyl (C=O) groups excluding carboxylic acids is 1. The average molecular weight is 137 g/mol. The molecule has 1 N–H and O–H groups in total. The Morgan fingerprint density at radius 3 is 3.20 bits per heavy atom. The highest BCUT2D eigenvalue weighted by Crippen LogP contribution is 1.93. The summed E-state index contributed by atoms with van der Waals surface area (Å²) in [4.78, 5) is 19.0. The molecule has 1 aromatic rings. The summed E-state index contributed by atoms with van der Waals surface area (Å²) in [5.41, 5.74) is 8.03. The second-order valence-electron chi connectivity index (χ2n) is 1.46. The predicted molar refractivity (Wildman–Crippen MR) is 32.1 cm³/mol. The first-order valence-corrected chi connectivity index (χ1v) is 2.42. The topological polar surface area (TPSA) is 94.5 Å². The van der Waals surface area contributed by atoms with Gasteiger partial charge in [-0.25, -0.2) is 4.98 Å². The fourth-order valence-corrected chi connectivity index (χ4v) is 0.467. The van der Waals surface area contributed by atoms with Crippen LogP contribution in [0.25, 0.3) is 10.4 Å². The molecule has 0 fully saturated rings. The molecule has 0 aliphatic carbocycles. The predicted octanol–water partition coefficient (Wildman–Crippen LogP) is 0.860. The van der Waals surface area contributed by atoms with Crippen LogP contribution < -0.4 is 0 Å². The zero-order valence-electron chi connectivity index (χ0n) is 4.85.